The summed E-state index contributed by atoms with van der Waals surface area (Å²) in [5, 5.41) is 10.7. The van der Waals surface area contributed by atoms with Crippen molar-refractivity contribution in [1.82, 2.24) is 0 Å². The van der Waals surface area contributed by atoms with Gasteiger partial charge in [0.15, 0.2) is 4.90 Å². The van der Waals surface area contributed by atoms with Crippen LogP contribution in [-0.2, 0) is 10.2 Å². The topological polar surface area (TPSA) is 75.4 Å². The van der Waals surface area contributed by atoms with E-state index in [0.717, 1.165) is 21.4 Å². The van der Waals surface area contributed by atoms with Crippen LogP contribution in [0.5, 0.6) is 5.75 Å². The molecule has 0 heterocycles. The molecule has 7 heteroatoms. The van der Waals surface area contributed by atoms with Crippen LogP contribution in [0.25, 0.3) is 0 Å². The Kier molecular flexibility index (Phi) is 4.89. The molecular weight excluding hydrogens is 298 g/mol. The maximum Gasteiger partial charge on any atom is 0.274 e. The fourth-order valence-corrected chi connectivity index (χ4v) is 3.85. The highest BCUT2D eigenvalue weighted by Gasteiger charge is 2.18. The van der Waals surface area contributed by atoms with Crippen molar-refractivity contribution < 1.29 is 14.2 Å². The fourth-order valence-electron chi connectivity index (χ4n) is 1.47. The lowest BCUT2D eigenvalue weighted by Crippen LogP contribution is -1.97. The molecular formula is C13H11NO4S2. The van der Waals surface area contributed by atoms with Gasteiger partial charge in [-0.25, -0.2) is 0 Å². The molecule has 0 bridgehead atoms. The zero-order valence-electron chi connectivity index (χ0n) is 10.5. The summed E-state index contributed by atoms with van der Waals surface area (Å²) < 4.78 is 17.2. The van der Waals surface area contributed by atoms with E-state index >= 15 is 0 Å². The van der Waals surface area contributed by atoms with Gasteiger partial charge in [0, 0.05) is 6.07 Å². The van der Waals surface area contributed by atoms with E-state index in [1.807, 2.05) is 0 Å². The minimum absolute atomic E-state index is 0.0637. The molecule has 0 aliphatic rings. The van der Waals surface area contributed by atoms with Gasteiger partial charge < -0.3 is 9.29 Å². The number of benzene rings is 2. The highest BCUT2D eigenvalue weighted by Crippen LogP contribution is 2.32. The van der Waals surface area contributed by atoms with Gasteiger partial charge in [0.2, 0.25) is 0 Å². The predicted octanol–water partition coefficient (Wildman–Crippen LogP) is 3.42. The third-order valence-corrected chi connectivity index (χ3v) is 5.32. The van der Waals surface area contributed by atoms with Crippen LogP contribution >= 0.6 is 10.8 Å². The van der Waals surface area contributed by atoms with Crippen molar-refractivity contribution in [2.75, 3.05) is 7.11 Å². The van der Waals surface area contributed by atoms with Gasteiger partial charge in [0.1, 0.15) is 16.5 Å². The first-order chi connectivity index (χ1) is 9.60. The summed E-state index contributed by atoms with van der Waals surface area (Å²) >= 11 is 0. The Morgan fingerprint density at radius 2 is 1.90 bits per heavy atom. The fraction of sp³-hybridized carbons (Fsp3) is 0.0769. The molecule has 0 amide bonds. The number of nitro benzene ring substituents is 1. The molecule has 2 aromatic rings. The van der Waals surface area contributed by atoms with E-state index in [4.69, 9.17) is 4.74 Å². The number of non-ortho nitro benzene ring substituents is 1. The molecule has 0 aliphatic carbocycles. The molecule has 0 N–H and O–H groups in total. The average Bonchev–Trinajstić information content (AvgIpc) is 2.48. The first kappa shape index (κ1) is 14.7. The number of ether oxygens (including phenoxy) is 1. The summed E-state index contributed by atoms with van der Waals surface area (Å²) in [6, 6.07) is 13.0. The predicted molar refractivity (Wildman–Crippen MR) is 78.4 cm³/mol. The Morgan fingerprint density at radius 3 is 2.50 bits per heavy atom. The SMILES string of the molecule is COc1ccc(S[S+]([O-])c2cccc([N+](=O)[O-])c2)cc1. The third-order valence-electron chi connectivity index (χ3n) is 2.45. The van der Waals surface area contributed by atoms with Crippen molar-refractivity contribution in [2.45, 2.75) is 9.79 Å². The van der Waals surface area contributed by atoms with Gasteiger partial charge in [-0.3, -0.25) is 10.1 Å². The minimum atomic E-state index is -1.40. The van der Waals surface area contributed by atoms with Crippen LogP contribution < -0.4 is 4.74 Å². The second-order valence-corrected chi connectivity index (χ2v) is 6.74. The summed E-state index contributed by atoms with van der Waals surface area (Å²) in [6.45, 7) is 0. The molecule has 2 rings (SSSR count). The molecule has 1 unspecified atom stereocenters. The summed E-state index contributed by atoms with van der Waals surface area (Å²) in [5.74, 6) is 0.718. The van der Waals surface area contributed by atoms with Crippen LogP contribution in [0.15, 0.2) is 58.3 Å². The molecule has 0 fully saturated rings. The Bertz CT molecular complexity index is 604. The smallest absolute Gasteiger partial charge is 0.274 e. The quantitative estimate of drug-likeness (QED) is 0.366. The van der Waals surface area contributed by atoms with Gasteiger partial charge in [0.05, 0.1) is 33.2 Å². The van der Waals surface area contributed by atoms with E-state index in [9.17, 15) is 14.7 Å². The molecule has 20 heavy (non-hydrogen) atoms. The Hall–Kier alpha value is -1.70. The van der Waals surface area contributed by atoms with Crippen LogP contribution in [-0.4, -0.2) is 16.6 Å². The van der Waals surface area contributed by atoms with Crippen LogP contribution in [0.2, 0.25) is 0 Å². The Balaban J connectivity index is 2.12. The number of hydrogen-bond acceptors (Lipinski definition) is 5. The van der Waals surface area contributed by atoms with Gasteiger partial charge in [0.25, 0.3) is 5.69 Å². The van der Waals surface area contributed by atoms with Crippen molar-refractivity contribution in [3.8, 4) is 5.75 Å². The number of hydrogen-bond donors (Lipinski definition) is 0. The monoisotopic (exact) mass is 309 g/mol. The van der Waals surface area contributed by atoms with Crippen LogP contribution in [0.3, 0.4) is 0 Å². The average molecular weight is 309 g/mol. The molecule has 5 nitrogen and oxygen atoms in total. The number of methoxy groups -OCH3 is 1. The van der Waals surface area contributed by atoms with Gasteiger partial charge in [-0.15, -0.1) is 0 Å². The van der Waals surface area contributed by atoms with E-state index < -0.39 is 15.1 Å². The molecule has 0 saturated heterocycles. The molecule has 2 aromatic carbocycles. The lowest BCUT2D eigenvalue weighted by atomic mass is 10.3. The first-order valence-electron chi connectivity index (χ1n) is 5.59. The van der Waals surface area contributed by atoms with E-state index in [0.29, 0.717) is 4.90 Å². The second-order valence-electron chi connectivity index (χ2n) is 3.75. The molecule has 0 radical (unpaired) electrons. The zero-order valence-corrected chi connectivity index (χ0v) is 12.1. The minimum Gasteiger partial charge on any atom is -0.600 e. The number of nitrogens with zero attached hydrogens (tertiary/aromatic N) is 1. The molecule has 0 spiro atoms. The second kappa shape index (κ2) is 6.65. The summed E-state index contributed by atoms with van der Waals surface area (Å²) in [7, 11) is 1.30. The third kappa shape index (κ3) is 3.66. The molecule has 104 valence electrons. The van der Waals surface area contributed by atoms with Gasteiger partial charge in [-0.2, -0.15) is 0 Å². The first-order valence-corrected chi connectivity index (χ1v) is 8.07. The van der Waals surface area contributed by atoms with Gasteiger partial charge in [-0.1, -0.05) is 6.07 Å². The Morgan fingerprint density at radius 1 is 1.20 bits per heavy atom. The van der Waals surface area contributed by atoms with Crippen molar-refractivity contribution >= 4 is 26.7 Å². The Labute approximate surface area is 122 Å². The van der Waals surface area contributed by atoms with E-state index in [1.165, 1.54) is 18.2 Å². The lowest BCUT2D eigenvalue weighted by Gasteiger charge is -2.07. The molecule has 0 aromatic heterocycles. The largest absolute Gasteiger partial charge is 0.600 e. The van der Waals surface area contributed by atoms with E-state index in [1.54, 1.807) is 37.4 Å². The molecule has 1 atom stereocenters. The normalized spacial score (nSPS) is 11.9. The molecule has 0 aliphatic heterocycles. The highest BCUT2D eigenvalue weighted by molar-refractivity contribution is 8.72. The van der Waals surface area contributed by atoms with Gasteiger partial charge in [-0.05, 0) is 30.3 Å². The maximum absolute atomic E-state index is 12.2. The van der Waals surface area contributed by atoms with E-state index in [2.05, 4.69) is 0 Å². The van der Waals surface area contributed by atoms with Crippen molar-refractivity contribution in [3.63, 3.8) is 0 Å². The van der Waals surface area contributed by atoms with Crippen molar-refractivity contribution in [1.29, 1.82) is 0 Å². The number of rotatable bonds is 5. The lowest BCUT2D eigenvalue weighted by molar-refractivity contribution is -0.385. The molecule has 0 saturated carbocycles. The van der Waals surface area contributed by atoms with Gasteiger partial charge >= 0.3 is 0 Å². The van der Waals surface area contributed by atoms with Crippen molar-refractivity contribution in [3.05, 3.63) is 58.6 Å². The summed E-state index contributed by atoms with van der Waals surface area (Å²) in [4.78, 5) is 11.4. The zero-order chi connectivity index (χ0) is 14.5. The maximum atomic E-state index is 12.2. The highest BCUT2D eigenvalue weighted by atomic mass is 33.1. The van der Waals surface area contributed by atoms with Crippen LogP contribution in [0.4, 0.5) is 5.69 Å². The van der Waals surface area contributed by atoms with Crippen LogP contribution in [0, 0.1) is 10.1 Å². The van der Waals surface area contributed by atoms with Crippen molar-refractivity contribution in [2.24, 2.45) is 0 Å². The summed E-state index contributed by atoms with van der Waals surface area (Å²) in [6.07, 6.45) is 0. The van der Waals surface area contributed by atoms with E-state index in [-0.39, 0.29) is 5.69 Å². The standard InChI is InChI=1S/C13H11NO4S2/c1-18-11-5-7-12(8-6-11)19-20(17)13-4-2-3-10(9-13)14(15)16/h2-9H,1H3. The van der Waals surface area contributed by atoms with Crippen LogP contribution in [0.1, 0.15) is 0 Å². The number of nitro groups is 1. The summed E-state index contributed by atoms with van der Waals surface area (Å²) in [5.41, 5.74) is -0.0637.